The molecule has 26 heavy (non-hydrogen) atoms. The molecular formula is C19H13N3O4. The fourth-order valence-corrected chi connectivity index (χ4v) is 2.62. The first-order valence-electron chi connectivity index (χ1n) is 7.89. The fraction of sp³-hybridized carbons (Fsp3) is 0.0526. The van der Waals surface area contributed by atoms with Crippen molar-refractivity contribution >= 4 is 16.5 Å². The second kappa shape index (κ2) is 6.64. The number of non-ortho nitro benzene ring substituents is 1. The minimum Gasteiger partial charge on any atom is -0.483 e. The first-order chi connectivity index (χ1) is 12.7. The average molecular weight is 347 g/mol. The maximum absolute atomic E-state index is 10.7. The first-order valence-corrected chi connectivity index (χ1v) is 7.89. The SMILES string of the molecule is O=[N+]([O-])c1ccc(-c2noc(COc3cccc4ccccc34)n2)cc1. The maximum Gasteiger partial charge on any atom is 0.269 e. The second-order valence-electron chi connectivity index (χ2n) is 5.58. The molecule has 4 aromatic rings. The molecule has 1 heterocycles. The zero-order chi connectivity index (χ0) is 17.9. The van der Waals surface area contributed by atoms with Crippen molar-refractivity contribution < 1.29 is 14.2 Å². The minimum absolute atomic E-state index is 0.0109. The van der Waals surface area contributed by atoms with Crippen molar-refractivity contribution in [1.82, 2.24) is 10.1 Å². The van der Waals surface area contributed by atoms with Crippen molar-refractivity contribution in [3.8, 4) is 17.1 Å². The van der Waals surface area contributed by atoms with Crippen LogP contribution in [0.4, 0.5) is 5.69 Å². The van der Waals surface area contributed by atoms with Crippen LogP contribution in [-0.2, 0) is 6.61 Å². The highest BCUT2D eigenvalue weighted by Crippen LogP contribution is 2.26. The van der Waals surface area contributed by atoms with Gasteiger partial charge in [0.1, 0.15) is 5.75 Å². The quantitative estimate of drug-likeness (QED) is 0.393. The van der Waals surface area contributed by atoms with E-state index in [-0.39, 0.29) is 12.3 Å². The van der Waals surface area contributed by atoms with Crippen LogP contribution < -0.4 is 4.74 Å². The molecule has 0 N–H and O–H groups in total. The number of aromatic nitrogens is 2. The van der Waals surface area contributed by atoms with Gasteiger partial charge in [-0.2, -0.15) is 4.98 Å². The third-order valence-corrected chi connectivity index (χ3v) is 3.91. The minimum atomic E-state index is -0.455. The van der Waals surface area contributed by atoms with E-state index in [0.717, 1.165) is 16.5 Å². The summed E-state index contributed by atoms with van der Waals surface area (Å²) < 4.78 is 11.0. The molecule has 0 atom stereocenters. The van der Waals surface area contributed by atoms with E-state index in [4.69, 9.17) is 9.26 Å². The molecule has 128 valence electrons. The predicted molar refractivity (Wildman–Crippen MR) is 94.7 cm³/mol. The van der Waals surface area contributed by atoms with Crippen LogP contribution >= 0.6 is 0 Å². The van der Waals surface area contributed by atoms with E-state index in [1.165, 1.54) is 12.1 Å². The van der Waals surface area contributed by atoms with E-state index >= 15 is 0 Å². The highest BCUT2D eigenvalue weighted by molar-refractivity contribution is 5.88. The Bertz CT molecular complexity index is 1070. The molecule has 7 nitrogen and oxygen atoms in total. The molecule has 0 amide bonds. The summed E-state index contributed by atoms with van der Waals surface area (Å²) in [6.07, 6.45) is 0. The van der Waals surface area contributed by atoms with Gasteiger partial charge >= 0.3 is 0 Å². The molecule has 0 aliphatic rings. The summed E-state index contributed by atoms with van der Waals surface area (Å²) in [7, 11) is 0. The molecule has 1 aromatic heterocycles. The standard InChI is InChI=1S/C19H13N3O4/c23-22(24)15-10-8-14(9-11-15)19-20-18(26-21-19)12-25-17-7-3-5-13-4-1-2-6-16(13)17/h1-11H,12H2. The molecule has 0 unspecified atom stereocenters. The van der Waals surface area contributed by atoms with Crippen LogP contribution in [0.5, 0.6) is 5.75 Å². The monoisotopic (exact) mass is 347 g/mol. The Morgan fingerprint density at radius 1 is 1.00 bits per heavy atom. The largest absolute Gasteiger partial charge is 0.483 e. The van der Waals surface area contributed by atoms with Crippen molar-refractivity contribution in [2.24, 2.45) is 0 Å². The van der Waals surface area contributed by atoms with Crippen molar-refractivity contribution in [1.29, 1.82) is 0 Å². The van der Waals surface area contributed by atoms with Gasteiger partial charge in [0.15, 0.2) is 6.61 Å². The van der Waals surface area contributed by atoms with Gasteiger partial charge in [-0.3, -0.25) is 10.1 Å². The summed E-state index contributed by atoms with van der Waals surface area (Å²) in [6, 6.07) is 19.7. The maximum atomic E-state index is 10.7. The van der Waals surface area contributed by atoms with Gasteiger partial charge in [-0.25, -0.2) is 0 Å². The number of nitrogens with zero attached hydrogens (tertiary/aromatic N) is 3. The number of nitro benzene ring substituents is 1. The van der Waals surface area contributed by atoms with E-state index in [1.807, 2.05) is 42.5 Å². The average Bonchev–Trinajstić information content (AvgIpc) is 3.15. The van der Waals surface area contributed by atoms with Crippen LogP contribution in [0.2, 0.25) is 0 Å². The lowest BCUT2D eigenvalue weighted by molar-refractivity contribution is -0.384. The van der Waals surface area contributed by atoms with Crippen LogP contribution in [0, 0.1) is 10.1 Å². The number of hydrogen-bond acceptors (Lipinski definition) is 6. The fourth-order valence-electron chi connectivity index (χ4n) is 2.62. The van der Waals surface area contributed by atoms with Crippen molar-refractivity contribution in [3.63, 3.8) is 0 Å². The van der Waals surface area contributed by atoms with Crippen molar-refractivity contribution in [2.75, 3.05) is 0 Å². The van der Waals surface area contributed by atoms with E-state index in [9.17, 15) is 10.1 Å². The molecular weight excluding hydrogens is 334 g/mol. The van der Waals surface area contributed by atoms with Crippen LogP contribution in [0.15, 0.2) is 71.3 Å². The van der Waals surface area contributed by atoms with Gasteiger partial charge < -0.3 is 9.26 Å². The molecule has 0 bridgehead atoms. The lowest BCUT2D eigenvalue weighted by Crippen LogP contribution is -1.96. The van der Waals surface area contributed by atoms with Gasteiger partial charge in [0.2, 0.25) is 5.82 Å². The van der Waals surface area contributed by atoms with Gasteiger partial charge in [0.05, 0.1) is 4.92 Å². The molecule has 0 fully saturated rings. The lowest BCUT2D eigenvalue weighted by atomic mass is 10.1. The number of fused-ring (bicyclic) bond motifs is 1. The summed E-state index contributed by atoms with van der Waals surface area (Å²) in [5, 5.41) is 16.7. The van der Waals surface area contributed by atoms with Crippen LogP contribution in [0.3, 0.4) is 0 Å². The van der Waals surface area contributed by atoms with E-state index < -0.39 is 4.92 Å². The Morgan fingerprint density at radius 2 is 1.77 bits per heavy atom. The second-order valence-corrected chi connectivity index (χ2v) is 5.58. The molecule has 3 aromatic carbocycles. The summed E-state index contributed by atoms with van der Waals surface area (Å²) in [4.78, 5) is 14.5. The third-order valence-electron chi connectivity index (χ3n) is 3.91. The van der Waals surface area contributed by atoms with Crippen molar-refractivity contribution in [2.45, 2.75) is 6.61 Å². The van der Waals surface area contributed by atoms with Crippen molar-refractivity contribution in [3.05, 3.63) is 82.7 Å². The Kier molecular flexibility index (Phi) is 4.03. The highest BCUT2D eigenvalue weighted by Gasteiger charge is 2.12. The predicted octanol–water partition coefficient (Wildman–Crippen LogP) is 4.38. The summed E-state index contributed by atoms with van der Waals surface area (Å²) in [6.45, 7) is 0.133. The van der Waals surface area contributed by atoms with E-state index in [2.05, 4.69) is 10.1 Å². The summed E-state index contributed by atoms with van der Waals surface area (Å²) in [5.41, 5.74) is 0.646. The van der Waals surface area contributed by atoms with Gasteiger partial charge in [-0.1, -0.05) is 41.6 Å². The van der Waals surface area contributed by atoms with Gasteiger partial charge in [-0.05, 0) is 23.6 Å². The molecule has 0 spiro atoms. The molecule has 4 rings (SSSR count). The molecule has 0 saturated heterocycles. The Morgan fingerprint density at radius 3 is 2.58 bits per heavy atom. The van der Waals surface area contributed by atoms with Gasteiger partial charge in [0.25, 0.3) is 11.6 Å². The zero-order valence-corrected chi connectivity index (χ0v) is 13.5. The molecule has 0 radical (unpaired) electrons. The third kappa shape index (κ3) is 3.10. The topological polar surface area (TPSA) is 91.3 Å². The smallest absolute Gasteiger partial charge is 0.269 e. The van der Waals surface area contributed by atoms with Gasteiger partial charge in [0, 0.05) is 23.1 Å². The molecule has 0 aliphatic carbocycles. The Labute approximate surface area is 148 Å². The molecule has 0 aliphatic heterocycles. The van der Waals surface area contributed by atoms with E-state index in [0.29, 0.717) is 17.3 Å². The number of nitro groups is 1. The number of ether oxygens (including phenoxy) is 1. The van der Waals surface area contributed by atoms with Crippen LogP contribution in [0.25, 0.3) is 22.2 Å². The summed E-state index contributed by atoms with van der Waals surface area (Å²) in [5.74, 6) is 1.42. The zero-order valence-electron chi connectivity index (χ0n) is 13.5. The number of hydrogen-bond donors (Lipinski definition) is 0. The Balaban J connectivity index is 1.51. The molecule has 0 saturated carbocycles. The first kappa shape index (κ1) is 15.8. The van der Waals surface area contributed by atoms with Crippen LogP contribution in [0.1, 0.15) is 5.89 Å². The number of rotatable bonds is 5. The Hall–Kier alpha value is -3.74. The van der Waals surface area contributed by atoms with Crippen LogP contribution in [-0.4, -0.2) is 15.1 Å². The normalized spacial score (nSPS) is 10.8. The highest BCUT2D eigenvalue weighted by atomic mass is 16.6. The lowest BCUT2D eigenvalue weighted by Gasteiger charge is -2.06. The summed E-state index contributed by atoms with van der Waals surface area (Å²) >= 11 is 0. The number of benzene rings is 3. The molecule has 7 heteroatoms. The van der Waals surface area contributed by atoms with E-state index in [1.54, 1.807) is 12.1 Å². The van der Waals surface area contributed by atoms with Gasteiger partial charge in [-0.15, -0.1) is 0 Å².